The van der Waals surface area contributed by atoms with Crippen LogP contribution in [0.15, 0.2) is 23.3 Å². The smallest absolute Gasteiger partial charge is 0.329 e. The first-order chi connectivity index (χ1) is 19.1. The number of nitrogens with one attached hydrogen (secondary N) is 3. The van der Waals surface area contributed by atoms with Gasteiger partial charge in [0.1, 0.15) is 11.6 Å². The number of halogens is 2. The Labute approximate surface area is 225 Å². The molecule has 2 aliphatic heterocycles. The van der Waals surface area contributed by atoms with Crippen molar-refractivity contribution in [1.29, 1.82) is 0 Å². The Morgan fingerprint density at radius 2 is 1.95 bits per heavy atom. The number of aromatic amines is 1. The fourth-order valence-corrected chi connectivity index (χ4v) is 5.50. The largest absolute Gasteiger partial charge is 0.494 e. The van der Waals surface area contributed by atoms with Gasteiger partial charge in [0.2, 0.25) is 5.95 Å². The molecule has 208 valence electrons. The Bertz CT molecular complexity index is 1320. The maximum Gasteiger partial charge on any atom is 0.329 e. The molecule has 4 heterocycles. The molecule has 1 atom stereocenters. The first-order valence-corrected chi connectivity index (χ1v) is 13.5. The molecular weight excluding hydrogens is 508 g/mol. The second kappa shape index (κ2) is 11.2. The van der Waals surface area contributed by atoms with Gasteiger partial charge >= 0.3 is 6.55 Å². The number of H-pyrrole nitrogens is 1. The van der Waals surface area contributed by atoms with Crippen LogP contribution in [0, 0.1) is 0 Å². The molecule has 11 nitrogen and oxygen atoms in total. The van der Waals surface area contributed by atoms with Crippen LogP contribution in [0.4, 0.5) is 31.9 Å². The number of nitrogens with zero attached hydrogens (tertiary/aromatic N) is 6. The number of fused-ring (bicyclic) bond motifs is 1. The maximum absolute atomic E-state index is 13.2. The van der Waals surface area contributed by atoms with Crippen molar-refractivity contribution in [2.45, 2.75) is 50.6 Å². The van der Waals surface area contributed by atoms with E-state index in [4.69, 9.17) is 14.5 Å². The van der Waals surface area contributed by atoms with E-state index in [1.807, 2.05) is 18.2 Å². The highest BCUT2D eigenvalue weighted by Gasteiger charge is 2.30. The molecule has 1 aliphatic carbocycles. The summed E-state index contributed by atoms with van der Waals surface area (Å²) in [6.07, 6.45) is 7.14. The number of hydrogen-bond donors (Lipinski definition) is 3. The van der Waals surface area contributed by atoms with Gasteiger partial charge in [-0.3, -0.25) is 5.10 Å². The molecule has 0 amide bonds. The van der Waals surface area contributed by atoms with Gasteiger partial charge in [0.15, 0.2) is 5.65 Å². The van der Waals surface area contributed by atoms with E-state index < -0.39 is 6.55 Å². The first-order valence-electron chi connectivity index (χ1n) is 13.5. The lowest BCUT2D eigenvalue weighted by atomic mass is 9.95. The van der Waals surface area contributed by atoms with Crippen LogP contribution in [0.5, 0.6) is 5.75 Å². The molecule has 39 heavy (non-hydrogen) atoms. The quantitative estimate of drug-likeness (QED) is 0.359. The molecule has 3 aromatic rings. The molecule has 2 aromatic heterocycles. The summed E-state index contributed by atoms with van der Waals surface area (Å²) in [5.41, 5.74) is 2.91. The number of benzene rings is 1. The van der Waals surface area contributed by atoms with E-state index in [0.29, 0.717) is 47.5 Å². The van der Waals surface area contributed by atoms with Gasteiger partial charge in [0.05, 0.1) is 49.6 Å². The van der Waals surface area contributed by atoms with Gasteiger partial charge in [-0.15, -0.1) is 0 Å². The summed E-state index contributed by atoms with van der Waals surface area (Å²) in [6, 6.07) is 6.25. The standard InChI is InChI=1S/C26H33F2N9O2/c1-38-20-13-18(36-9-11-39-12-10-36)7-8-19(20)31-26-32-23(30-17-5-3-2-4-6-17)21-22(34-35-24(21)33-26)16-14-29-37(15-16)25(27)28/h7-8,13-14,16-17,25H,2-6,9-12,15H2,1H3,(H3,30,31,32,33,34,35). The fraction of sp³-hybridized carbons (Fsp3) is 0.538. The first kappa shape index (κ1) is 25.5. The number of hydrazone groups is 1. The number of methoxy groups -OCH3 is 1. The molecule has 1 saturated heterocycles. The van der Waals surface area contributed by atoms with Crippen LogP contribution in [0.1, 0.15) is 43.7 Å². The van der Waals surface area contributed by atoms with Crippen molar-refractivity contribution < 1.29 is 18.3 Å². The summed E-state index contributed by atoms with van der Waals surface area (Å²) in [5, 5.41) is 19.7. The zero-order valence-corrected chi connectivity index (χ0v) is 21.9. The highest BCUT2D eigenvalue weighted by atomic mass is 19.3. The zero-order valence-electron chi connectivity index (χ0n) is 21.9. The second-order valence-corrected chi connectivity index (χ2v) is 10.1. The van der Waals surface area contributed by atoms with Crippen LogP contribution in [-0.2, 0) is 4.74 Å². The summed E-state index contributed by atoms with van der Waals surface area (Å²) in [6.45, 7) is 0.459. The van der Waals surface area contributed by atoms with Gasteiger partial charge in [-0.1, -0.05) is 19.3 Å². The normalized spacial score (nSPS) is 20.3. The average molecular weight is 542 g/mol. The van der Waals surface area contributed by atoms with Gasteiger partial charge in [-0.2, -0.15) is 28.9 Å². The van der Waals surface area contributed by atoms with E-state index in [1.54, 1.807) is 7.11 Å². The third-order valence-corrected chi connectivity index (χ3v) is 7.57. The molecule has 3 N–H and O–H groups in total. The van der Waals surface area contributed by atoms with Crippen molar-refractivity contribution in [3.05, 3.63) is 23.9 Å². The van der Waals surface area contributed by atoms with Crippen LogP contribution in [0.3, 0.4) is 0 Å². The van der Waals surface area contributed by atoms with Crippen molar-refractivity contribution in [3.8, 4) is 5.75 Å². The number of aromatic nitrogens is 4. The number of rotatable bonds is 8. The van der Waals surface area contributed by atoms with Gasteiger partial charge in [0, 0.05) is 37.1 Å². The van der Waals surface area contributed by atoms with E-state index in [2.05, 4.69) is 35.8 Å². The van der Waals surface area contributed by atoms with Gasteiger partial charge in [-0.05, 0) is 25.0 Å². The molecule has 0 radical (unpaired) electrons. The van der Waals surface area contributed by atoms with E-state index >= 15 is 0 Å². The van der Waals surface area contributed by atoms with Gasteiger partial charge in [-0.25, -0.2) is 5.01 Å². The summed E-state index contributed by atoms with van der Waals surface area (Å²) >= 11 is 0. The molecule has 3 aliphatic rings. The van der Waals surface area contributed by atoms with Crippen LogP contribution < -0.4 is 20.3 Å². The molecule has 0 spiro atoms. The average Bonchev–Trinajstić information content (AvgIpc) is 3.62. The van der Waals surface area contributed by atoms with Crippen LogP contribution in [0.2, 0.25) is 0 Å². The molecule has 13 heteroatoms. The van der Waals surface area contributed by atoms with E-state index in [0.717, 1.165) is 55.2 Å². The predicted octanol–water partition coefficient (Wildman–Crippen LogP) is 4.29. The number of alkyl halides is 2. The molecule has 1 saturated carbocycles. The maximum atomic E-state index is 13.2. The Morgan fingerprint density at radius 3 is 2.69 bits per heavy atom. The monoisotopic (exact) mass is 541 g/mol. The minimum absolute atomic E-state index is 0.0600. The van der Waals surface area contributed by atoms with Crippen LogP contribution in [0.25, 0.3) is 11.0 Å². The van der Waals surface area contributed by atoms with Crippen molar-refractivity contribution in [2.75, 3.05) is 55.5 Å². The summed E-state index contributed by atoms with van der Waals surface area (Å²) in [7, 11) is 1.63. The Kier molecular flexibility index (Phi) is 7.31. The van der Waals surface area contributed by atoms with Crippen LogP contribution in [-0.4, -0.2) is 83.9 Å². The zero-order chi connectivity index (χ0) is 26.8. The predicted molar refractivity (Wildman–Crippen MR) is 145 cm³/mol. The highest BCUT2D eigenvalue weighted by Crippen LogP contribution is 2.35. The molecule has 2 fully saturated rings. The van der Waals surface area contributed by atoms with Crippen molar-refractivity contribution in [3.63, 3.8) is 0 Å². The number of morpholine rings is 1. The third kappa shape index (κ3) is 5.40. The van der Waals surface area contributed by atoms with Gasteiger partial charge < -0.3 is 25.0 Å². The highest BCUT2D eigenvalue weighted by molar-refractivity contribution is 5.93. The lowest BCUT2D eigenvalue weighted by molar-refractivity contribution is -0.0196. The molecular formula is C26H33F2N9O2. The third-order valence-electron chi connectivity index (χ3n) is 7.57. The molecule has 0 bridgehead atoms. The minimum atomic E-state index is -2.66. The SMILES string of the molecule is COc1cc(N2CCOCC2)ccc1Nc1nc(NC2CCCCC2)c2c(C3C=NN(C(F)F)C3)[nH]nc2n1. The Hall–Kier alpha value is -3.74. The van der Waals surface area contributed by atoms with Gasteiger partial charge in [0.25, 0.3) is 0 Å². The van der Waals surface area contributed by atoms with Crippen molar-refractivity contribution >= 4 is 40.4 Å². The summed E-state index contributed by atoms with van der Waals surface area (Å²) < 4.78 is 37.6. The van der Waals surface area contributed by atoms with Crippen LogP contribution >= 0.6 is 0 Å². The molecule has 1 unspecified atom stereocenters. The minimum Gasteiger partial charge on any atom is -0.494 e. The lowest BCUT2D eigenvalue weighted by Crippen LogP contribution is -2.36. The summed E-state index contributed by atoms with van der Waals surface area (Å²) in [4.78, 5) is 11.8. The molecule has 6 rings (SSSR count). The number of anilines is 4. The van der Waals surface area contributed by atoms with E-state index in [1.165, 1.54) is 12.6 Å². The number of ether oxygens (including phenoxy) is 2. The number of hydrogen-bond acceptors (Lipinski definition) is 10. The topological polar surface area (TPSA) is 116 Å². The lowest BCUT2D eigenvalue weighted by Gasteiger charge is -2.29. The van der Waals surface area contributed by atoms with Crippen molar-refractivity contribution in [2.24, 2.45) is 5.10 Å². The summed E-state index contributed by atoms with van der Waals surface area (Å²) in [5.74, 6) is 1.30. The fourth-order valence-electron chi connectivity index (χ4n) is 5.50. The van der Waals surface area contributed by atoms with Crippen molar-refractivity contribution in [1.82, 2.24) is 25.2 Å². The Morgan fingerprint density at radius 1 is 1.13 bits per heavy atom. The van der Waals surface area contributed by atoms with E-state index in [-0.39, 0.29) is 18.5 Å². The van der Waals surface area contributed by atoms with E-state index in [9.17, 15) is 8.78 Å². The second-order valence-electron chi connectivity index (χ2n) is 10.1. The molecule has 1 aromatic carbocycles. The Balaban J connectivity index is 1.32.